The SMILES string of the molecule is CCOC(=O)C(NC(=O)OCc1ccccc1)(Nc1ccccc1F)C(F)(F)F. The third kappa shape index (κ3) is 5.37. The highest BCUT2D eigenvalue weighted by atomic mass is 19.4. The van der Waals surface area contributed by atoms with E-state index in [4.69, 9.17) is 4.74 Å². The van der Waals surface area contributed by atoms with Gasteiger partial charge in [-0.1, -0.05) is 42.5 Å². The van der Waals surface area contributed by atoms with Gasteiger partial charge in [-0.2, -0.15) is 13.2 Å². The molecule has 2 rings (SSSR count). The van der Waals surface area contributed by atoms with E-state index in [2.05, 4.69) is 4.74 Å². The first-order valence-corrected chi connectivity index (χ1v) is 8.45. The number of ether oxygens (including phenoxy) is 2. The summed E-state index contributed by atoms with van der Waals surface area (Å²) in [6.07, 6.45) is -6.95. The molecule has 0 aromatic heterocycles. The summed E-state index contributed by atoms with van der Waals surface area (Å²) in [5, 5.41) is 3.19. The van der Waals surface area contributed by atoms with Crippen molar-refractivity contribution in [3.63, 3.8) is 0 Å². The van der Waals surface area contributed by atoms with Gasteiger partial charge in [0.05, 0.1) is 12.3 Å². The second kappa shape index (κ2) is 9.26. The number of alkyl halides is 3. The molecule has 2 N–H and O–H groups in total. The maximum atomic E-state index is 13.9. The molecule has 0 saturated carbocycles. The molecule has 6 nitrogen and oxygen atoms in total. The first-order chi connectivity index (χ1) is 13.7. The summed E-state index contributed by atoms with van der Waals surface area (Å²) >= 11 is 0. The average Bonchev–Trinajstić information content (AvgIpc) is 2.67. The molecule has 0 heterocycles. The Bertz CT molecular complexity index is 846. The molecule has 0 spiro atoms. The maximum absolute atomic E-state index is 13.9. The number of carbonyl (C=O) groups is 2. The van der Waals surface area contributed by atoms with Crippen LogP contribution in [0.25, 0.3) is 0 Å². The monoisotopic (exact) mass is 414 g/mol. The van der Waals surface area contributed by atoms with Crippen molar-refractivity contribution in [2.45, 2.75) is 25.4 Å². The van der Waals surface area contributed by atoms with Gasteiger partial charge in [0.25, 0.3) is 0 Å². The van der Waals surface area contributed by atoms with Gasteiger partial charge in [-0.15, -0.1) is 0 Å². The minimum atomic E-state index is -5.40. The van der Waals surface area contributed by atoms with E-state index in [0.29, 0.717) is 5.56 Å². The van der Waals surface area contributed by atoms with Crippen molar-refractivity contribution < 1.29 is 36.6 Å². The molecular formula is C19H18F4N2O4. The van der Waals surface area contributed by atoms with E-state index in [1.807, 2.05) is 0 Å². The predicted octanol–water partition coefficient (Wildman–Crippen LogP) is 3.99. The fraction of sp³-hybridized carbons (Fsp3) is 0.263. The van der Waals surface area contributed by atoms with E-state index in [0.717, 1.165) is 12.1 Å². The number of amides is 1. The first kappa shape index (κ1) is 22.0. The lowest BCUT2D eigenvalue weighted by molar-refractivity contribution is -0.205. The first-order valence-electron chi connectivity index (χ1n) is 8.45. The van der Waals surface area contributed by atoms with Gasteiger partial charge in [0.15, 0.2) is 0 Å². The summed E-state index contributed by atoms with van der Waals surface area (Å²) in [7, 11) is 0. The quantitative estimate of drug-likeness (QED) is 0.407. The second-order valence-electron chi connectivity index (χ2n) is 5.76. The zero-order valence-electron chi connectivity index (χ0n) is 15.3. The molecule has 0 fully saturated rings. The van der Waals surface area contributed by atoms with Gasteiger partial charge < -0.3 is 14.8 Å². The molecule has 2 aromatic rings. The minimum absolute atomic E-state index is 0.344. The van der Waals surface area contributed by atoms with Gasteiger partial charge in [0.1, 0.15) is 12.4 Å². The van der Waals surface area contributed by atoms with Crippen molar-refractivity contribution >= 4 is 17.7 Å². The second-order valence-corrected chi connectivity index (χ2v) is 5.76. The van der Waals surface area contributed by atoms with Crippen molar-refractivity contribution in [3.05, 3.63) is 66.0 Å². The van der Waals surface area contributed by atoms with Crippen LogP contribution in [0.15, 0.2) is 54.6 Å². The molecule has 0 aliphatic carbocycles. The van der Waals surface area contributed by atoms with E-state index in [1.165, 1.54) is 24.4 Å². The van der Waals surface area contributed by atoms with E-state index in [1.54, 1.807) is 35.6 Å². The number of anilines is 1. The van der Waals surface area contributed by atoms with Crippen LogP contribution in [-0.4, -0.2) is 30.5 Å². The molecular weight excluding hydrogens is 396 g/mol. The summed E-state index contributed by atoms with van der Waals surface area (Å²) in [5.74, 6) is -2.93. The summed E-state index contributed by atoms with van der Waals surface area (Å²) in [5.41, 5.74) is -3.92. The van der Waals surface area contributed by atoms with E-state index in [9.17, 15) is 27.2 Å². The van der Waals surface area contributed by atoms with Crippen LogP contribution < -0.4 is 10.6 Å². The van der Waals surface area contributed by atoms with Gasteiger partial charge in [-0.05, 0) is 24.6 Å². The zero-order chi connectivity index (χ0) is 21.5. The van der Waals surface area contributed by atoms with Crippen molar-refractivity contribution in [1.82, 2.24) is 5.32 Å². The van der Waals surface area contributed by atoms with Crippen LogP contribution in [0.1, 0.15) is 12.5 Å². The lowest BCUT2D eigenvalue weighted by Gasteiger charge is -2.34. The number of nitrogens with one attached hydrogen (secondary N) is 2. The number of carbonyl (C=O) groups excluding carboxylic acids is 2. The van der Waals surface area contributed by atoms with Gasteiger partial charge in [-0.3, -0.25) is 5.32 Å². The van der Waals surface area contributed by atoms with Crippen LogP contribution in [0.4, 0.5) is 28.0 Å². The lowest BCUT2D eigenvalue weighted by atomic mass is 10.1. The highest BCUT2D eigenvalue weighted by Crippen LogP contribution is 2.34. The Morgan fingerprint density at radius 2 is 1.59 bits per heavy atom. The van der Waals surface area contributed by atoms with Gasteiger partial charge in [-0.25, -0.2) is 14.0 Å². The van der Waals surface area contributed by atoms with E-state index in [-0.39, 0.29) is 6.61 Å². The fourth-order valence-electron chi connectivity index (χ4n) is 2.31. The van der Waals surface area contributed by atoms with Gasteiger partial charge in [0, 0.05) is 0 Å². The molecule has 29 heavy (non-hydrogen) atoms. The number of hydrogen-bond acceptors (Lipinski definition) is 5. The third-order valence-electron chi connectivity index (χ3n) is 3.71. The molecule has 1 amide bonds. The van der Waals surface area contributed by atoms with Crippen LogP contribution >= 0.6 is 0 Å². The van der Waals surface area contributed by atoms with Gasteiger partial charge >= 0.3 is 23.9 Å². The number of hydrogen-bond donors (Lipinski definition) is 2. The number of esters is 1. The smallest absolute Gasteiger partial charge is 0.442 e. The maximum Gasteiger partial charge on any atom is 0.442 e. The highest BCUT2D eigenvalue weighted by Gasteiger charge is 2.64. The molecule has 1 unspecified atom stereocenters. The molecule has 0 bridgehead atoms. The van der Waals surface area contributed by atoms with Crippen LogP contribution in [-0.2, 0) is 20.9 Å². The minimum Gasteiger partial charge on any atom is -0.463 e. The Hall–Kier alpha value is -3.30. The largest absolute Gasteiger partial charge is 0.463 e. The average molecular weight is 414 g/mol. The number of benzene rings is 2. The molecule has 0 saturated heterocycles. The van der Waals surface area contributed by atoms with Crippen molar-refractivity contribution in [2.24, 2.45) is 0 Å². The Morgan fingerprint density at radius 1 is 0.966 bits per heavy atom. The number of halogens is 4. The normalized spacial score (nSPS) is 13.1. The Morgan fingerprint density at radius 3 is 2.17 bits per heavy atom. The molecule has 2 aromatic carbocycles. The summed E-state index contributed by atoms with van der Waals surface area (Å²) in [6.45, 7) is 0.537. The highest BCUT2D eigenvalue weighted by molar-refractivity contribution is 5.89. The van der Waals surface area contributed by atoms with E-state index >= 15 is 0 Å². The molecule has 0 aliphatic rings. The third-order valence-corrected chi connectivity index (χ3v) is 3.71. The molecule has 1 atom stereocenters. The molecule has 0 aliphatic heterocycles. The van der Waals surface area contributed by atoms with Crippen molar-refractivity contribution in [1.29, 1.82) is 0 Å². The van der Waals surface area contributed by atoms with E-state index < -0.39 is 42.0 Å². The van der Waals surface area contributed by atoms with Gasteiger partial charge in [0.2, 0.25) is 0 Å². The lowest BCUT2D eigenvalue weighted by Crippen LogP contribution is -2.69. The zero-order valence-corrected chi connectivity index (χ0v) is 15.3. The summed E-state index contributed by atoms with van der Waals surface area (Å²) < 4.78 is 65.0. The number of rotatable bonds is 7. The number of alkyl carbamates (subject to hydrolysis) is 1. The molecule has 10 heteroatoms. The molecule has 156 valence electrons. The summed E-state index contributed by atoms with van der Waals surface area (Å²) in [4.78, 5) is 24.3. The topological polar surface area (TPSA) is 76.7 Å². The Labute approximate surface area is 163 Å². The van der Waals surface area contributed by atoms with Crippen LogP contribution in [0.2, 0.25) is 0 Å². The molecule has 0 radical (unpaired) electrons. The van der Waals surface area contributed by atoms with Crippen molar-refractivity contribution in [3.8, 4) is 0 Å². The number of para-hydroxylation sites is 1. The van der Waals surface area contributed by atoms with Crippen LogP contribution in [0.5, 0.6) is 0 Å². The summed E-state index contributed by atoms with van der Waals surface area (Å²) in [6, 6.07) is 12.6. The Balaban J connectivity index is 2.32. The van der Waals surface area contributed by atoms with Crippen LogP contribution in [0.3, 0.4) is 0 Å². The standard InChI is InChI=1S/C19H18F4N2O4/c1-2-28-16(26)18(19(21,22)23,24-15-11-7-6-10-14(15)20)25-17(27)29-12-13-8-4-3-5-9-13/h3-11,24H,2,12H2,1H3,(H,25,27). The van der Waals surface area contributed by atoms with Crippen LogP contribution in [0, 0.1) is 5.82 Å². The van der Waals surface area contributed by atoms with Crippen molar-refractivity contribution in [2.75, 3.05) is 11.9 Å². The Kier molecular flexibility index (Phi) is 7.03. The fourth-order valence-corrected chi connectivity index (χ4v) is 2.31. The predicted molar refractivity (Wildman–Crippen MR) is 95.2 cm³/mol.